The second-order valence-electron chi connectivity index (χ2n) is 6.34. The van der Waals surface area contributed by atoms with Crippen LogP contribution in [0.5, 0.6) is 0 Å². The van der Waals surface area contributed by atoms with Crippen LogP contribution in [0.25, 0.3) is 0 Å². The van der Waals surface area contributed by atoms with Crippen LogP contribution in [0.3, 0.4) is 0 Å². The zero-order chi connectivity index (χ0) is 18.0. The normalized spacial score (nSPS) is 12.0. The molecule has 1 amide bonds. The van der Waals surface area contributed by atoms with Gasteiger partial charge in [0.15, 0.2) is 0 Å². The number of sulfonamides is 1. The smallest absolute Gasteiger partial charge is 0.255 e. The predicted molar refractivity (Wildman–Crippen MR) is 104 cm³/mol. The molecule has 0 radical (unpaired) electrons. The van der Waals surface area contributed by atoms with Gasteiger partial charge in [0.2, 0.25) is 10.0 Å². The molecule has 0 atom stereocenters. The minimum Gasteiger partial charge on any atom is -0.322 e. The third-order valence-corrected chi connectivity index (χ3v) is 5.42. The number of carbonyl (C=O) groups excluding carboxylic acids is 1. The molecule has 0 unspecified atom stereocenters. The zero-order valence-electron chi connectivity index (χ0n) is 13.6. The first-order chi connectivity index (χ1) is 11.1. The largest absolute Gasteiger partial charge is 0.322 e. The van der Waals surface area contributed by atoms with E-state index in [9.17, 15) is 13.2 Å². The number of rotatable bonds is 4. The number of hydrogen-bond donors (Lipinski definition) is 2. The molecular formula is C17H19IN2O3S. The fourth-order valence-corrected chi connectivity index (χ4v) is 3.83. The van der Waals surface area contributed by atoms with Gasteiger partial charge >= 0.3 is 0 Å². The lowest BCUT2D eigenvalue weighted by molar-refractivity contribution is 0.102. The lowest BCUT2D eigenvalue weighted by Gasteiger charge is -2.20. The molecule has 0 heterocycles. The lowest BCUT2D eigenvalue weighted by atomic mass is 10.1. The van der Waals surface area contributed by atoms with E-state index >= 15 is 0 Å². The second-order valence-corrected chi connectivity index (χ2v) is 9.27. The third kappa shape index (κ3) is 5.29. The molecule has 2 aromatic rings. The molecule has 128 valence electrons. The number of nitrogens with one attached hydrogen (secondary N) is 2. The maximum absolute atomic E-state index is 12.4. The summed E-state index contributed by atoms with van der Waals surface area (Å²) in [5, 5.41) is 2.72. The van der Waals surface area contributed by atoms with Crippen LogP contribution in [0.1, 0.15) is 31.1 Å². The van der Waals surface area contributed by atoms with Gasteiger partial charge in [0.25, 0.3) is 5.91 Å². The summed E-state index contributed by atoms with van der Waals surface area (Å²) >= 11 is 2.16. The third-order valence-electron chi connectivity index (χ3n) is 2.95. The summed E-state index contributed by atoms with van der Waals surface area (Å²) in [6.45, 7) is 5.31. The quantitative estimate of drug-likeness (QED) is 0.688. The van der Waals surface area contributed by atoms with E-state index in [0.29, 0.717) is 11.3 Å². The van der Waals surface area contributed by atoms with Crippen LogP contribution in [0.2, 0.25) is 0 Å². The van der Waals surface area contributed by atoms with Crippen molar-refractivity contribution in [1.29, 1.82) is 0 Å². The Morgan fingerprint density at radius 3 is 2.25 bits per heavy atom. The fraction of sp³-hybridized carbons (Fsp3) is 0.235. The second kappa shape index (κ2) is 7.20. The van der Waals surface area contributed by atoms with E-state index in [1.165, 1.54) is 12.1 Å². The number of anilines is 1. The first-order valence-corrected chi connectivity index (χ1v) is 9.84. The first-order valence-electron chi connectivity index (χ1n) is 7.28. The van der Waals surface area contributed by atoms with Crippen LogP contribution in [0, 0.1) is 3.57 Å². The topological polar surface area (TPSA) is 75.3 Å². The highest BCUT2D eigenvalue weighted by molar-refractivity contribution is 14.1. The van der Waals surface area contributed by atoms with Crippen molar-refractivity contribution >= 4 is 44.2 Å². The van der Waals surface area contributed by atoms with Gasteiger partial charge in [0, 0.05) is 20.4 Å². The molecule has 2 aromatic carbocycles. The van der Waals surface area contributed by atoms with Crippen molar-refractivity contribution in [3.63, 3.8) is 0 Å². The molecule has 5 nitrogen and oxygen atoms in total. The van der Waals surface area contributed by atoms with Crippen LogP contribution < -0.4 is 10.0 Å². The van der Waals surface area contributed by atoms with Gasteiger partial charge in [-0.2, -0.15) is 0 Å². The van der Waals surface area contributed by atoms with Crippen molar-refractivity contribution in [2.24, 2.45) is 0 Å². The van der Waals surface area contributed by atoms with Gasteiger partial charge in [-0.15, -0.1) is 0 Å². The zero-order valence-corrected chi connectivity index (χ0v) is 16.6. The summed E-state index contributed by atoms with van der Waals surface area (Å²) in [6, 6.07) is 13.3. The molecule has 0 aliphatic carbocycles. The van der Waals surface area contributed by atoms with E-state index in [0.717, 1.165) is 3.57 Å². The molecule has 0 spiro atoms. The number of carbonyl (C=O) groups is 1. The van der Waals surface area contributed by atoms with Crippen molar-refractivity contribution < 1.29 is 13.2 Å². The van der Waals surface area contributed by atoms with E-state index in [1.54, 1.807) is 45.0 Å². The van der Waals surface area contributed by atoms with Crippen LogP contribution in [-0.2, 0) is 10.0 Å². The van der Waals surface area contributed by atoms with Crippen molar-refractivity contribution in [2.75, 3.05) is 5.32 Å². The Morgan fingerprint density at radius 2 is 1.67 bits per heavy atom. The summed E-state index contributed by atoms with van der Waals surface area (Å²) in [7, 11) is -3.65. The van der Waals surface area contributed by atoms with Gasteiger partial charge < -0.3 is 5.32 Å². The Labute approximate surface area is 156 Å². The summed E-state index contributed by atoms with van der Waals surface area (Å²) in [6.07, 6.45) is 0. The van der Waals surface area contributed by atoms with E-state index < -0.39 is 15.6 Å². The Balaban J connectivity index is 2.21. The standard InChI is InChI=1S/C17H19IN2O3S/c1-17(2,3)20-24(22,23)15-6-4-5-14(11-15)19-16(21)12-7-9-13(18)10-8-12/h4-11,20H,1-3H3,(H,19,21). The number of halogens is 1. The molecule has 7 heteroatoms. The summed E-state index contributed by atoms with van der Waals surface area (Å²) < 4.78 is 28.4. The average molecular weight is 458 g/mol. The molecule has 0 bridgehead atoms. The van der Waals surface area contributed by atoms with Crippen LogP contribution in [0.4, 0.5) is 5.69 Å². The van der Waals surface area contributed by atoms with Gasteiger partial charge in [-0.25, -0.2) is 13.1 Å². The highest BCUT2D eigenvalue weighted by Crippen LogP contribution is 2.18. The van der Waals surface area contributed by atoms with Crippen molar-refractivity contribution in [1.82, 2.24) is 4.72 Å². The molecular weight excluding hydrogens is 439 g/mol. The maximum atomic E-state index is 12.4. The summed E-state index contributed by atoms with van der Waals surface area (Å²) in [4.78, 5) is 12.3. The molecule has 0 saturated carbocycles. The molecule has 0 aliphatic rings. The minimum absolute atomic E-state index is 0.109. The highest BCUT2D eigenvalue weighted by atomic mass is 127. The molecule has 0 aromatic heterocycles. The van der Waals surface area contributed by atoms with Gasteiger partial charge in [-0.05, 0) is 85.8 Å². The summed E-state index contributed by atoms with van der Waals surface area (Å²) in [5.74, 6) is -0.287. The van der Waals surface area contributed by atoms with Crippen molar-refractivity contribution in [2.45, 2.75) is 31.2 Å². The number of amides is 1. The molecule has 2 rings (SSSR count). The van der Waals surface area contributed by atoms with E-state index in [4.69, 9.17) is 0 Å². The van der Waals surface area contributed by atoms with Gasteiger partial charge in [-0.1, -0.05) is 6.07 Å². The van der Waals surface area contributed by atoms with E-state index in [-0.39, 0.29) is 10.8 Å². The van der Waals surface area contributed by atoms with Crippen LogP contribution in [-0.4, -0.2) is 19.9 Å². The Bertz CT molecular complexity index is 841. The van der Waals surface area contributed by atoms with E-state index in [2.05, 4.69) is 32.6 Å². The molecule has 0 fully saturated rings. The molecule has 2 N–H and O–H groups in total. The highest BCUT2D eigenvalue weighted by Gasteiger charge is 2.22. The number of benzene rings is 2. The van der Waals surface area contributed by atoms with Crippen molar-refractivity contribution in [3.8, 4) is 0 Å². The SMILES string of the molecule is CC(C)(C)NS(=O)(=O)c1cccc(NC(=O)c2ccc(I)cc2)c1. The fourth-order valence-electron chi connectivity index (χ4n) is 2.01. The Morgan fingerprint density at radius 1 is 1.04 bits per heavy atom. The molecule has 24 heavy (non-hydrogen) atoms. The van der Waals surface area contributed by atoms with Gasteiger partial charge in [0.1, 0.15) is 0 Å². The van der Waals surface area contributed by atoms with Gasteiger partial charge in [0.05, 0.1) is 4.90 Å². The summed E-state index contributed by atoms with van der Waals surface area (Å²) in [5.41, 5.74) is 0.353. The average Bonchev–Trinajstić information content (AvgIpc) is 2.45. The minimum atomic E-state index is -3.65. The molecule has 0 saturated heterocycles. The monoisotopic (exact) mass is 458 g/mol. The number of hydrogen-bond acceptors (Lipinski definition) is 3. The molecule has 0 aliphatic heterocycles. The maximum Gasteiger partial charge on any atom is 0.255 e. The van der Waals surface area contributed by atoms with Crippen LogP contribution >= 0.6 is 22.6 Å². The van der Waals surface area contributed by atoms with Crippen molar-refractivity contribution in [3.05, 3.63) is 57.7 Å². The Kier molecular flexibility index (Phi) is 5.67. The predicted octanol–water partition coefficient (Wildman–Crippen LogP) is 3.62. The van der Waals surface area contributed by atoms with Crippen LogP contribution in [0.15, 0.2) is 53.4 Å². The lowest BCUT2D eigenvalue weighted by Crippen LogP contribution is -2.40. The van der Waals surface area contributed by atoms with E-state index in [1.807, 2.05) is 12.1 Å². The van der Waals surface area contributed by atoms with Gasteiger partial charge in [-0.3, -0.25) is 4.79 Å². The Hall–Kier alpha value is -1.45. The first kappa shape index (κ1) is 18.9.